The van der Waals surface area contributed by atoms with E-state index in [1.165, 1.54) is 6.92 Å². The number of nitrogens with zero attached hydrogens (tertiary/aromatic N) is 1. The zero-order valence-corrected chi connectivity index (χ0v) is 12.8. The maximum absolute atomic E-state index is 12.0. The highest BCUT2D eigenvalue weighted by Crippen LogP contribution is 2.10. The molecule has 1 aromatic rings. The van der Waals surface area contributed by atoms with Gasteiger partial charge in [0.1, 0.15) is 0 Å². The fraction of sp³-hybridized carbons (Fsp3) is 0.500. The molecular formula is C16H24N2O3. The second-order valence-corrected chi connectivity index (χ2v) is 5.04. The standard InChI is InChI=1S/C16H24N2O3/c1-3-4-9-18(10-11-19)12-16(21)17-15-7-5-14(6-8-15)13(2)20/h5-8,19H,3-4,9-12H2,1-2H3,(H,17,21). The Balaban J connectivity index is 2.52. The third-order valence-corrected chi connectivity index (χ3v) is 3.19. The van der Waals surface area contributed by atoms with Crippen molar-refractivity contribution in [2.45, 2.75) is 26.7 Å². The molecule has 116 valence electrons. The molecule has 0 aromatic heterocycles. The van der Waals surface area contributed by atoms with Gasteiger partial charge < -0.3 is 10.4 Å². The Hall–Kier alpha value is -1.72. The molecule has 0 unspecified atom stereocenters. The Bertz CT molecular complexity index is 457. The van der Waals surface area contributed by atoms with Crippen molar-refractivity contribution < 1.29 is 14.7 Å². The molecule has 0 aliphatic carbocycles. The molecule has 0 heterocycles. The van der Waals surface area contributed by atoms with E-state index in [9.17, 15) is 9.59 Å². The van der Waals surface area contributed by atoms with Gasteiger partial charge in [0.2, 0.25) is 5.91 Å². The number of carbonyl (C=O) groups is 2. The third-order valence-electron chi connectivity index (χ3n) is 3.19. The van der Waals surface area contributed by atoms with E-state index in [1.807, 2.05) is 4.90 Å². The number of Topliss-reactive ketones (excluding diaryl/α,β-unsaturated/α-hetero) is 1. The zero-order chi connectivity index (χ0) is 15.7. The van der Waals surface area contributed by atoms with Gasteiger partial charge in [-0.2, -0.15) is 0 Å². The third kappa shape index (κ3) is 6.51. The predicted octanol–water partition coefficient (Wildman–Crippen LogP) is 1.92. The van der Waals surface area contributed by atoms with E-state index in [2.05, 4.69) is 12.2 Å². The Labute approximate surface area is 126 Å². The summed E-state index contributed by atoms with van der Waals surface area (Å²) < 4.78 is 0. The topological polar surface area (TPSA) is 69.6 Å². The molecule has 0 saturated carbocycles. The number of rotatable bonds is 9. The van der Waals surface area contributed by atoms with Crippen LogP contribution in [0.2, 0.25) is 0 Å². The van der Waals surface area contributed by atoms with Crippen molar-refractivity contribution in [1.82, 2.24) is 4.90 Å². The van der Waals surface area contributed by atoms with Crippen LogP contribution < -0.4 is 5.32 Å². The lowest BCUT2D eigenvalue weighted by atomic mass is 10.1. The molecule has 0 atom stereocenters. The van der Waals surface area contributed by atoms with Crippen LogP contribution in [-0.2, 0) is 4.79 Å². The fourth-order valence-electron chi connectivity index (χ4n) is 1.98. The number of carbonyl (C=O) groups excluding carboxylic acids is 2. The summed E-state index contributed by atoms with van der Waals surface area (Å²) in [4.78, 5) is 25.1. The second kappa shape index (κ2) is 9.26. The number of ketones is 1. The lowest BCUT2D eigenvalue weighted by Gasteiger charge is -2.20. The molecule has 0 fully saturated rings. The summed E-state index contributed by atoms with van der Waals surface area (Å²) in [6.07, 6.45) is 2.05. The van der Waals surface area contributed by atoms with Crippen LogP contribution in [0.1, 0.15) is 37.0 Å². The molecule has 5 heteroatoms. The summed E-state index contributed by atoms with van der Waals surface area (Å²) in [6, 6.07) is 6.83. The average Bonchev–Trinajstić information content (AvgIpc) is 2.45. The van der Waals surface area contributed by atoms with Gasteiger partial charge in [0.05, 0.1) is 13.2 Å². The van der Waals surface area contributed by atoms with Gasteiger partial charge in [0, 0.05) is 17.8 Å². The lowest BCUT2D eigenvalue weighted by molar-refractivity contribution is -0.117. The van der Waals surface area contributed by atoms with Crippen molar-refractivity contribution in [3.05, 3.63) is 29.8 Å². The number of anilines is 1. The average molecular weight is 292 g/mol. The van der Waals surface area contributed by atoms with Crippen LogP contribution in [0.5, 0.6) is 0 Å². The summed E-state index contributed by atoms with van der Waals surface area (Å²) in [5.41, 5.74) is 1.29. The molecule has 0 bridgehead atoms. The molecule has 1 aromatic carbocycles. The number of aliphatic hydroxyl groups excluding tert-OH is 1. The molecule has 2 N–H and O–H groups in total. The van der Waals surface area contributed by atoms with Crippen LogP contribution in [0.4, 0.5) is 5.69 Å². The number of aliphatic hydroxyl groups is 1. The van der Waals surface area contributed by atoms with Crippen molar-refractivity contribution in [3.8, 4) is 0 Å². The van der Waals surface area contributed by atoms with Crippen LogP contribution in [0, 0.1) is 0 Å². The van der Waals surface area contributed by atoms with E-state index in [0.29, 0.717) is 17.8 Å². The molecule has 0 spiro atoms. The molecule has 0 aliphatic rings. The number of hydrogen-bond acceptors (Lipinski definition) is 4. The Morgan fingerprint density at radius 2 is 1.86 bits per heavy atom. The highest BCUT2D eigenvalue weighted by atomic mass is 16.3. The molecule has 0 aliphatic heterocycles. The number of nitrogens with one attached hydrogen (secondary N) is 1. The van der Waals surface area contributed by atoms with Crippen molar-refractivity contribution in [2.24, 2.45) is 0 Å². The SMILES string of the molecule is CCCCN(CCO)CC(=O)Nc1ccc(C(C)=O)cc1. The minimum atomic E-state index is -0.116. The summed E-state index contributed by atoms with van der Waals surface area (Å²) in [5, 5.41) is 11.8. The van der Waals surface area contributed by atoms with E-state index < -0.39 is 0 Å². The molecule has 0 radical (unpaired) electrons. The number of amides is 1. The number of benzene rings is 1. The van der Waals surface area contributed by atoms with Crippen molar-refractivity contribution in [3.63, 3.8) is 0 Å². The maximum Gasteiger partial charge on any atom is 0.238 e. The fourth-order valence-corrected chi connectivity index (χ4v) is 1.98. The molecule has 5 nitrogen and oxygen atoms in total. The Kier molecular flexibility index (Phi) is 7.64. The highest BCUT2D eigenvalue weighted by molar-refractivity contribution is 5.96. The monoisotopic (exact) mass is 292 g/mol. The molecule has 0 saturated heterocycles. The van der Waals surface area contributed by atoms with Crippen molar-refractivity contribution in [2.75, 3.05) is 31.6 Å². The van der Waals surface area contributed by atoms with Gasteiger partial charge >= 0.3 is 0 Å². The normalized spacial score (nSPS) is 10.7. The van der Waals surface area contributed by atoms with Crippen LogP contribution in [0.15, 0.2) is 24.3 Å². The van der Waals surface area contributed by atoms with Gasteiger partial charge in [0.15, 0.2) is 5.78 Å². The Morgan fingerprint density at radius 1 is 1.19 bits per heavy atom. The van der Waals surface area contributed by atoms with E-state index in [4.69, 9.17) is 5.11 Å². The summed E-state index contributed by atoms with van der Waals surface area (Å²) >= 11 is 0. The highest BCUT2D eigenvalue weighted by Gasteiger charge is 2.10. The Morgan fingerprint density at radius 3 is 2.38 bits per heavy atom. The van der Waals surface area contributed by atoms with Gasteiger partial charge in [-0.1, -0.05) is 13.3 Å². The first-order valence-corrected chi connectivity index (χ1v) is 7.31. The van der Waals surface area contributed by atoms with Crippen LogP contribution in [-0.4, -0.2) is 47.9 Å². The minimum Gasteiger partial charge on any atom is -0.395 e. The van der Waals surface area contributed by atoms with Crippen LogP contribution in [0.3, 0.4) is 0 Å². The molecular weight excluding hydrogens is 268 g/mol. The summed E-state index contributed by atoms with van der Waals surface area (Å²) in [5.74, 6) is -0.114. The van der Waals surface area contributed by atoms with Crippen LogP contribution in [0.25, 0.3) is 0 Å². The first kappa shape index (κ1) is 17.3. The van der Waals surface area contributed by atoms with E-state index in [1.54, 1.807) is 24.3 Å². The van der Waals surface area contributed by atoms with Gasteiger partial charge in [0.25, 0.3) is 0 Å². The first-order chi connectivity index (χ1) is 10.1. The molecule has 1 rings (SSSR count). The maximum atomic E-state index is 12.0. The predicted molar refractivity (Wildman–Crippen MR) is 83.5 cm³/mol. The largest absolute Gasteiger partial charge is 0.395 e. The summed E-state index contributed by atoms with van der Waals surface area (Å²) in [6.45, 7) is 5.20. The molecule has 21 heavy (non-hydrogen) atoms. The van der Waals surface area contributed by atoms with Crippen LogP contribution >= 0.6 is 0 Å². The second-order valence-electron chi connectivity index (χ2n) is 5.04. The van der Waals surface area contributed by atoms with Crippen molar-refractivity contribution in [1.29, 1.82) is 0 Å². The lowest BCUT2D eigenvalue weighted by Crippen LogP contribution is -2.35. The van der Waals surface area contributed by atoms with Gasteiger partial charge in [-0.05, 0) is 44.2 Å². The number of unbranched alkanes of at least 4 members (excludes halogenated alkanes) is 1. The van der Waals surface area contributed by atoms with E-state index >= 15 is 0 Å². The minimum absolute atomic E-state index is 0.00145. The molecule has 1 amide bonds. The van der Waals surface area contributed by atoms with E-state index in [-0.39, 0.29) is 24.8 Å². The van der Waals surface area contributed by atoms with Crippen molar-refractivity contribution >= 4 is 17.4 Å². The van der Waals surface area contributed by atoms with E-state index in [0.717, 1.165) is 19.4 Å². The number of hydrogen-bond donors (Lipinski definition) is 2. The quantitative estimate of drug-likeness (QED) is 0.682. The smallest absolute Gasteiger partial charge is 0.238 e. The zero-order valence-electron chi connectivity index (χ0n) is 12.8. The van der Waals surface area contributed by atoms with Gasteiger partial charge in [-0.3, -0.25) is 14.5 Å². The van der Waals surface area contributed by atoms with Gasteiger partial charge in [-0.25, -0.2) is 0 Å². The summed E-state index contributed by atoms with van der Waals surface area (Å²) in [7, 11) is 0. The first-order valence-electron chi connectivity index (χ1n) is 7.31. The van der Waals surface area contributed by atoms with Gasteiger partial charge in [-0.15, -0.1) is 0 Å².